The van der Waals surface area contributed by atoms with Crippen LogP contribution in [0.15, 0.2) is 30.9 Å². The van der Waals surface area contributed by atoms with Gasteiger partial charge in [-0.05, 0) is 6.07 Å². The number of hydrogen-bond donors (Lipinski definition) is 3. The van der Waals surface area contributed by atoms with Crippen molar-refractivity contribution in [1.29, 1.82) is 0 Å². The second-order valence-corrected chi connectivity index (χ2v) is 7.81. The van der Waals surface area contributed by atoms with Gasteiger partial charge in [0, 0.05) is 12.5 Å². The Morgan fingerprint density at radius 1 is 1.38 bits per heavy atom. The van der Waals surface area contributed by atoms with E-state index in [4.69, 9.17) is 11.6 Å². The van der Waals surface area contributed by atoms with Crippen LogP contribution in [-0.2, 0) is 28.4 Å². The zero-order valence-corrected chi connectivity index (χ0v) is 15.8. The van der Waals surface area contributed by atoms with Crippen LogP contribution in [0.4, 0.5) is 16.2 Å². The van der Waals surface area contributed by atoms with E-state index in [0.29, 0.717) is 13.0 Å². The van der Waals surface area contributed by atoms with E-state index in [0.717, 1.165) is 6.07 Å². The highest BCUT2D eigenvalue weighted by atomic mass is 35.5. The Hall–Kier alpha value is -2.46. The molecule has 0 saturated heterocycles. The number of phenols is 1. The molecule has 0 saturated carbocycles. The monoisotopic (exact) mass is 403 g/mol. The lowest BCUT2D eigenvalue weighted by atomic mass is 10.2. The summed E-state index contributed by atoms with van der Waals surface area (Å²) in [5.41, 5.74) is 0.0252. The molecule has 142 valence electrons. The number of carbonyl (C=O) groups is 1. The molecule has 0 atom stereocenters. The van der Waals surface area contributed by atoms with Gasteiger partial charge in [0.05, 0.1) is 42.9 Å². The lowest BCUT2D eigenvalue weighted by Gasteiger charge is -2.12. The molecular weight excluding hydrogens is 384 g/mol. The normalized spacial score (nSPS) is 11.2. The van der Waals surface area contributed by atoms with Crippen molar-refractivity contribution in [2.75, 3.05) is 22.9 Å². The van der Waals surface area contributed by atoms with E-state index >= 15 is 0 Å². The van der Waals surface area contributed by atoms with E-state index in [1.807, 2.05) is 34.9 Å². The molecule has 0 aliphatic carbocycles. The van der Waals surface area contributed by atoms with Gasteiger partial charge in [-0.3, -0.25) is 10.0 Å². The van der Waals surface area contributed by atoms with Gasteiger partial charge in [-0.25, -0.2) is 22.3 Å². The number of aromatic nitrogens is 2. The lowest BCUT2D eigenvalue weighted by molar-refractivity contribution is -0.671. The second kappa shape index (κ2) is 8.28. The van der Waals surface area contributed by atoms with Crippen LogP contribution in [0.3, 0.4) is 0 Å². The maximum absolute atomic E-state index is 12.2. The molecular formula is C15H20ClN4O5S+. The van der Waals surface area contributed by atoms with Gasteiger partial charge in [-0.2, -0.15) is 0 Å². The molecule has 1 heterocycles. The van der Waals surface area contributed by atoms with Crippen LogP contribution in [0.5, 0.6) is 5.75 Å². The van der Waals surface area contributed by atoms with E-state index in [2.05, 4.69) is 14.8 Å². The summed E-state index contributed by atoms with van der Waals surface area (Å²) in [6.07, 6.45) is 5.17. The minimum atomic E-state index is -3.68. The van der Waals surface area contributed by atoms with Crippen LogP contribution >= 0.6 is 11.6 Å². The first-order valence-corrected chi connectivity index (χ1v) is 9.62. The molecule has 0 spiro atoms. The van der Waals surface area contributed by atoms with Crippen LogP contribution < -0.4 is 14.6 Å². The number of hydrogen-bond acceptors (Lipinski definition) is 5. The Labute approximate surface area is 156 Å². The first-order valence-electron chi connectivity index (χ1n) is 7.59. The summed E-state index contributed by atoms with van der Waals surface area (Å²) >= 11 is 6.00. The first kappa shape index (κ1) is 19.9. The molecule has 26 heavy (non-hydrogen) atoms. The van der Waals surface area contributed by atoms with E-state index in [1.165, 1.54) is 13.2 Å². The molecule has 3 N–H and O–H groups in total. The van der Waals surface area contributed by atoms with Crippen molar-refractivity contribution in [3.05, 3.63) is 35.9 Å². The number of rotatable bonds is 7. The molecule has 0 aliphatic rings. The molecule has 2 aromatic rings. The number of benzene rings is 1. The molecule has 0 bridgehead atoms. The van der Waals surface area contributed by atoms with E-state index in [9.17, 15) is 18.3 Å². The third kappa shape index (κ3) is 5.53. The molecule has 1 aromatic carbocycles. The average molecular weight is 404 g/mol. The van der Waals surface area contributed by atoms with Gasteiger partial charge in [0.15, 0.2) is 0 Å². The largest absolute Gasteiger partial charge is 0.506 e. The fourth-order valence-corrected chi connectivity index (χ4v) is 3.51. The predicted molar refractivity (Wildman–Crippen MR) is 96.8 cm³/mol. The van der Waals surface area contributed by atoms with E-state index in [1.54, 1.807) is 0 Å². The predicted octanol–water partition coefficient (Wildman–Crippen LogP) is 1.68. The third-order valence-corrected chi connectivity index (χ3v) is 5.10. The molecule has 0 radical (unpaired) electrons. The lowest BCUT2D eigenvalue weighted by Crippen LogP contribution is -2.24. The van der Waals surface area contributed by atoms with E-state index in [-0.39, 0.29) is 27.9 Å². The molecule has 0 fully saturated rings. The van der Waals surface area contributed by atoms with Crippen LogP contribution in [0, 0.1) is 0 Å². The summed E-state index contributed by atoms with van der Waals surface area (Å²) in [7, 11) is -0.624. The molecule has 2 rings (SSSR count). The zero-order chi connectivity index (χ0) is 19.3. The fourth-order valence-electron chi connectivity index (χ4n) is 2.19. The highest BCUT2D eigenvalue weighted by molar-refractivity contribution is 7.92. The van der Waals surface area contributed by atoms with Crippen LogP contribution in [0.1, 0.15) is 6.42 Å². The topological polar surface area (TPSA) is 114 Å². The third-order valence-electron chi connectivity index (χ3n) is 3.43. The number of phenolic OH excluding ortho intramolecular Hbond substituents is 1. The minimum Gasteiger partial charge on any atom is -0.506 e. The molecule has 1 aromatic heterocycles. The summed E-state index contributed by atoms with van der Waals surface area (Å²) < 4.78 is 34.9. The molecule has 0 unspecified atom stereocenters. The standard InChI is InChI=1S/C15H19ClN4O5S/c1-19-5-6-20(10-19)4-3-7-26(23,24)18-13-8-11(16)12(9-14(13)21)17-15(22)25-2/h5-6,8-10,18H,3-4,7H2,1-2H3,(H-,17,21,22)/p+1. The van der Waals surface area contributed by atoms with Crippen LogP contribution in [0.2, 0.25) is 5.02 Å². The highest BCUT2D eigenvalue weighted by Crippen LogP contribution is 2.34. The van der Waals surface area contributed by atoms with Gasteiger partial charge in [0.25, 0.3) is 0 Å². The smallest absolute Gasteiger partial charge is 0.411 e. The number of amides is 1. The minimum absolute atomic E-state index is 0.0470. The number of sulfonamides is 1. The Morgan fingerprint density at radius 3 is 2.73 bits per heavy atom. The van der Waals surface area contributed by atoms with Gasteiger partial charge < -0.3 is 9.84 Å². The summed E-state index contributed by atoms with van der Waals surface area (Å²) in [4.78, 5) is 11.2. The number of nitrogens with zero attached hydrogens (tertiary/aromatic N) is 2. The number of nitrogens with one attached hydrogen (secondary N) is 2. The molecule has 1 amide bonds. The highest BCUT2D eigenvalue weighted by Gasteiger charge is 2.17. The number of halogens is 1. The average Bonchev–Trinajstić information content (AvgIpc) is 2.97. The van der Waals surface area contributed by atoms with Crippen molar-refractivity contribution >= 4 is 39.1 Å². The van der Waals surface area contributed by atoms with E-state index < -0.39 is 16.1 Å². The van der Waals surface area contributed by atoms with Gasteiger partial charge in [0.1, 0.15) is 18.1 Å². The van der Waals surface area contributed by atoms with Gasteiger partial charge in [-0.1, -0.05) is 11.6 Å². The zero-order valence-electron chi connectivity index (χ0n) is 14.3. The van der Waals surface area contributed by atoms with Crippen molar-refractivity contribution < 1.29 is 27.6 Å². The number of aromatic hydroxyl groups is 1. The summed E-state index contributed by atoms with van der Waals surface area (Å²) in [5, 5.41) is 12.3. The molecule has 0 aliphatic heterocycles. The maximum Gasteiger partial charge on any atom is 0.411 e. The van der Waals surface area contributed by atoms with Gasteiger partial charge in [0.2, 0.25) is 16.4 Å². The quantitative estimate of drug-likeness (QED) is 0.480. The number of anilines is 2. The Kier molecular flexibility index (Phi) is 6.32. The van der Waals surface area contributed by atoms with Gasteiger partial charge >= 0.3 is 6.09 Å². The van der Waals surface area contributed by atoms with Crippen molar-refractivity contribution in [1.82, 2.24) is 4.57 Å². The Bertz CT molecular complexity index is 897. The van der Waals surface area contributed by atoms with Gasteiger partial charge in [-0.15, -0.1) is 0 Å². The number of methoxy groups -OCH3 is 1. The summed E-state index contributed by atoms with van der Waals surface area (Å²) in [6, 6.07) is 2.35. The number of aryl methyl sites for hydroxylation is 2. The second-order valence-electron chi connectivity index (χ2n) is 5.56. The van der Waals surface area contributed by atoms with Crippen molar-refractivity contribution in [2.45, 2.75) is 13.0 Å². The summed E-state index contributed by atoms with van der Waals surface area (Å²) in [5.74, 6) is -0.504. The molecule has 9 nitrogen and oxygen atoms in total. The Morgan fingerprint density at radius 2 is 2.12 bits per heavy atom. The summed E-state index contributed by atoms with van der Waals surface area (Å²) in [6.45, 7) is 0.538. The number of carbonyl (C=O) groups excluding carboxylic acids is 1. The van der Waals surface area contributed by atoms with Crippen LogP contribution in [0.25, 0.3) is 0 Å². The van der Waals surface area contributed by atoms with Crippen molar-refractivity contribution in [2.24, 2.45) is 7.05 Å². The first-order chi connectivity index (χ1) is 12.2. The Balaban J connectivity index is 2.01. The SMILES string of the molecule is COC(=O)Nc1cc(O)c(NS(=O)(=O)CCCn2cc[n+](C)c2)cc1Cl. The number of ether oxygens (including phenoxy) is 1. The fraction of sp³-hybridized carbons (Fsp3) is 0.333. The van der Waals surface area contributed by atoms with Crippen molar-refractivity contribution in [3.63, 3.8) is 0 Å². The van der Waals surface area contributed by atoms with Crippen molar-refractivity contribution in [3.8, 4) is 5.75 Å². The number of imidazole rings is 1. The maximum atomic E-state index is 12.2. The molecule has 11 heteroatoms. The van der Waals surface area contributed by atoms with Crippen LogP contribution in [-0.4, -0.2) is 37.0 Å².